The molecule has 1 saturated carbocycles. The van der Waals surface area contributed by atoms with Gasteiger partial charge in [0.1, 0.15) is 0 Å². The Morgan fingerprint density at radius 1 is 1.41 bits per heavy atom. The van der Waals surface area contributed by atoms with Gasteiger partial charge >= 0.3 is 0 Å². The number of carbonyl (C=O) groups is 1. The van der Waals surface area contributed by atoms with E-state index in [-0.39, 0.29) is 5.91 Å². The molecule has 2 rings (SSSR count). The molecule has 0 aliphatic heterocycles. The zero-order valence-corrected chi connectivity index (χ0v) is 10.0. The Bertz CT molecular complexity index is 412. The molecule has 0 radical (unpaired) electrons. The Morgan fingerprint density at radius 3 is 2.76 bits per heavy atom. The van der Waals surface area contributed by atoms with E-state index in [0.29, 0.717) is 23.0 Å². The van der Waals surface area contributed by atoms with Crippen molar-refractivity contribution in [3.05, 3.63) is 23.8 Å². The van der Waals surface area contributed by atoms with Gasteiger partial charge in [0, 0.05) is 6.04 Å². The molecule has 92 valence electrons. The molecule has 17 heavy (non-hydrogen) atoms. The van der Waals surface area contributed by atoms with Crippen molar-refractivity contribution in [1.82, 2.24) is 5.32 Å². The van der Waals surface area contributed by atoms with Crippen molar-refractivity contribution in [2.75, 3.05) is 12.8 Å². The van der Waals surface area contributed by atoms with E-state index in [0.717, 1.165) is 12.8 Å². The third-order valence-electron chi connectivity index (χ3n) is 3.18. The maximum Gasteiger partial charge on any atom is 0.255 e. The summed E-state index contributed by atoms with van der Waals surface area (Å²) < 4.78 is 5.18. The maximum atomic E-state index is 12.1. The molecule has 0 heterocycles. The molecule has 1 aliphatic rings. The molecule has 1 amide bonds. The minimum Gasteiger partial charge on any atom is -0.494 e. The second kappa shape index (κ2) is 5.08. The maximum absolute atomic E-state index is 12.1. The summed E-state index contributed by atoms with van der Waals surface area (Å²) in [5, 5.41) is 3.02. The third kappa shape index (κ3) is 2.52. The highest BCUT2D eigenvalue weighted by Gasteiger charge is 2.20. The number of anilines is 1. The van der Waals surface area contributed by atoms with Gasteiger partial charge < -0.3 is 15.8 Å². The first kappa shape index (κ1) is 11.8. The fraction of sp³-hybridized carbons (Fsp3) is 0.462. The van der Waals surface area contributed by atoms with Crippen LogP contribution in [0.1, 0.15) is 36.0 Å². The molecule has 1 aromatic carbocycles. The number of benzene rings is 1. The van der Waals surface area contributed by atoms with Crippen molar-refractivity contribution in [1.29, 1.82) is 0 Å². The monoisotopic (exact) mass is 234 g/mol. The summed E-state index contributed by atoms with van der Waals surface area (Å²) in [6.07, 6.45) is 4.52. The van der Waals surface area contributed by atoms with Gasteiger partial charge in [0.2, 0.25) is 0 Å². The summed E-state index contributed by atoms with van der Waals surface area (Å²) in [5.41, 5.74) is 6.78. The Kier molecular flexibility index (Phi) is 3.52. The zero-order valence-electron chi connectivity index (χ0n) is 10.0. The summed E-state index contributed by atoms with van der Waals surface area (Å²) in [6.45, 7) is 0. The lowest BCUT2D eigenvalue weighted by Gasteiger charge is -2.14. The quantitative estimate of drug-likeness (QED) is 0.786. The van der Waals surface area contributed by atoms with Gasteiger partial charge in [-0.2, -0.15) is 0 Å². The first-order valence-electron chi connectivity index (χ1n) is 5.95. The van der Waals surface area contributed by atoms with Crippen LogP contribution in [0.3, 0.4) is 0 Å². The van der Waals surface area contributed by atoms with E-state index in [9.17, 15) is 4.79 Å². The van der Waals surface area contributed by atoms with Crippen LogP contribution in [0.15, 0.2) is 18.2 Å². The van der Waals surface area contributed by atoms with E-state index in [1.807, 2.05) is 0 Å². The van der Waals surface area contributed by atoms with Crippen LogP contribution < -0.4 is 15.8 Å². The van der Waals surface area contributed by atoms with Crippen molar-refractivity contribution >= 4 is 11.6 Å². The molecule has 1 aliphatic carbocycles. The molecule has 3 N–H and O–H groups in total. The Balaban J connectivity index is 2.15. The minimum absolute atomic E-state index is 0.0962. The Morgan fingerprint density at radius 2 is 2.12 bits per heavy atom. The second-order valence-electron chi connectivity index (χ2n) is 4.38. The van der Waals surface area contributed by atoms with Crippen LogP contribution in [-0.2, 0) is 0 Å². The van der Waals surface area contributed by atoms with Crippen LogP contribution in [0.25, 0.3) is 0 Å². The van der Waals surface area contributed by atoms with Crippen molar-refractivity contribution in [2.24, 2.45) is 0 Å². The number of methoxy groups -OCH3 is 1. The SMILES string of the molecule is COc1c(N)cccc1C(=O)NC1CCCC1. The zero-order chi connectivity index (χ0) is 12.3. The molecule has 0 atom stereocenters. The number of ether oxygens (including phenoxy) is 1. The average molecular weight is 234 g/mol. The van der Waals surface area contributed by atoms with Crippen LogP contribution >= 0.6 is 0 Å². The summed E-state index contributed by atoms with van der Waals surface area (Å²) in [5.74, 6) is 0.365. The lowest BCUT2D eigenvalue weighted by Crippen LogP contribution is -2.32. The van der Waals surface area contributed by atoms with E-state index in [4.69, 9.17) is 10.5 Å². The van der Waals surface area contributed by atoms with E-state index in [1.54, 1.807) is 18.2 Å². The topological polar surface area (TPSA) is 64.3 Å². The number of carbonyl (C=O) groups excluding carboxylic acids is 1. The van der Waals surface area contributed by atoms with Gasteiger partial charge in [-0.15, -0.1) is 0 Å². The lowest BCUT2D eigenvalue weighted by atomic mass is 10.1. The molecule has 1 aromatic rings. The number of para-hydroxylation sites is 1. The van der Waals surface area contributed by atoms with Gasteiger partial charge in [-0.3, -0.25) is 4.79 Å². The van der Waals surface area contributed by atoms with E-state index < -0.39 is 0 Å². The highest BCUT2D eigenvalue weighted by molar-refractivity contribution is 5.98. The second-order valence-corrected chi connectivity index (χ2v) is 4.38. The molecule has 4 heteroatoms. The van der Waals surface area contributed by atoms with Crippen molar-refractivity contribution in [2.45, 2.75) is 31.7 Å². The van der Waals surface area contributed by atoms with E-state index >= 15 is 0 Å². The predicted molar refractivity (Wildman–Crippen MR) is 67.1 cm³/mol. The van der Waals surface area contributed by atoms with Crippen LogP contribution in [0, 0.1) is 0 Å². The molecule has 0 bridgehead atoms. The molecule has 1 fully saturated rings. The number of nitrogens with two attached hydrogens (primary N) is 1. The summed E-state index contributed by atoms with van der Waals surface area (Å²) in [6, 6.07) is 5.53. The largest absolute Gasteiger partial charge is 0.494 e. The van der Waals surface area contributed by atoms with Gasteiger partial charge in [0.25, 0.3) is 5.91 Å². The third-order valence-corrected chi connectivity index (χ3v) is 3.18. The summed E-state index contributed by atoms with van der Waals surface area (Å²) in [7, 11) is 1.53. The number of nitrogens with one attached hydrogen (secondary N) is 1. The first-order valence-corrected chi connectivity index (χ1v) is 5.95. The predicted octanol–water partition coefficient (Wildman–Crippen LogP) is 1.95. The van der Waals surface area contributed by atoms with Crippen LogP contribution in [0.4, 0.5) is 5.69 Å². The Hall–Kier alpha value is -1.71. The molecule has 0 aromatic heterocycles. The fourth-order valence-electron chi connectivity index (χ4n) is 2.29. The van der Waals surface area contributed by atoms with Crippen molar-refractivity contribution in [3.8, 4) is 5.75 Å². The van der Waals surface area contributed by atoms with Crippen LogP contribution in [0.2, 0.25) is 0 Å². The summed E-state index contributed by atoms with van der Waals surface area (Å²) in [4.78, 5) is 12.1. The molecular weight excluding hydrogens is 216 g/mol. The van der Waals surface area contributed by atoms with Crippen molar-refractivity contribution in [3.63, 3.8) is 0 Å². The number of rotatable bonds is 3. The first-order chi connectivity index (χ1) is 8.22. The fourth-order valence-corrected chi connectivity index (χ4v) is 2.29. The smallest absolute Gasteiger partial charge is 0.255 e. The van der Waals surface area contributed by atoms with Gasteiger partial charge in [0.15, 0.2) is 5.75 Å². The van der Waals surface area contributed by atoms with Gasteiger partial charge in [-0.05, 0) is 25.0 Å². The van der Waals surface area contributed by atoms with Gasteiger partial charge in [0.05, 0.1) is 18.4 Å². The molecule has 0 saturated heterocycles. The van der Waals surface area contributed by atoms with Gasteiger partial charge in [-0.25, -0.2) is 0 Å². The standard InChI is InChI=1S/C13H18N2O2/c1-17-12-10(7-4-8-11(12)14)13(16)15-9-5-2-3-6-9/h4,7-9H,2-3,5-6,14H2,1H3,(H,15,16). The van der Waals surface area contributed by atoms with Crippen LogP contribution in [0.5, 0.6) is 5.75 Å². The molecule has 4 nitrogen and oxygen atoms in total. The molecular formula is C13H18N2O2. The number of hydrogen-bond donors (Lipinski definition) is 2. The highest BCUT2D eigenvalue weighted by Crippen LogP contribution is 2.26. The normalized spacial score (nSPS) is 15.8. The minimum atomic E-state index is -0.0962. The number of nitrogen functional groups attached to an aromatic ring is 1. The number of hydrogen-bond acceptors (Lipinski definition) is 3. The summed E-state index contributed by atoms with van der Waals surface area (Å²) >= 11 is 0. The number of amides is 1. The van der Waals surface area contributed by atoms with Crippen LogP contribution in [-0.4, -0.2) is 19.1 Å². The molecule has 0 unspecified atom stereocenters. The molecule has 0 spiro atoms. The van der Waals surface area contributed by atoms with Crippen molar-refractivity contribution < 1.29 is 9.53 Å². The van der Waals surface area contributed by atoms with E-state index in [1.165, 1.54) is 20.0 Å². The van der Waals surface area contributed by atoms with E-state index in [2.05, 4.69) is 5.32 Å². The lowest BCUT2D eigenvalue weighted by molar-refractivity contribution is 0.0935. The highest BCUT2D eigenvalue weighted by atomic mass is 16.5. The average Bonchev–Trinajstić information content (AvgIpc) is 2.81. The van der Waals surface area contributed by atoms with Gasteiger partial charge in [-0.1, -0.05) is 18.9 Å². The Labute approximate surface area is 101 Å².